The summed E-state index contributed by atoms with van der Waals surface area (Å²) in [5.41, 5.74) is 0.984. The highest BCUT2D eigenvalue weighted by atomic mass is 16.5. The van der Waals surface area contributed by atoms with Crippen LogP contribution in [0.15, 0.2) is 22.7 Å². The van der Waals surface area contributed by atoms with Crippen LogP contribution in [-0.2, 0) is 6.61 Å². The van der Waals surface area contributed by atoms with Crippen LogP contribution in [0, 0.1) is 0 Å². The predicted octanol–water partition coefficient (Wildman–Crippen LogP) is 1.94. The molecule has 0 spiro atoms. The molecule has 2 heterocycles. The number of ether oxygens (including phenoxy) is 2. The molecule has 6 heteroatoms. The van der Waals surface area contributed by atoms with E-state index in [0.29, 0.717) is 28.4 Å². The van der Waals surface area contributed by atoms with Crippen LogP contribution < -0.4 is 9.47 Å². The molecule has 1 N–H and O–H groups in total. The Kier molecular flexibility index (Phi) is 2.22. The Morgan fingerprint density at radius 3 is 3.06 bits per heavy atom. The Labute approximate surface area is 102 Å². The number of hydrogen-bond donors (Lipinski definition) is 1. The lowest BCUT2D eigenvalue weighted by Crippen LogP contribution is -2.09. The fraction of sp³-hybridized carbons (Fsp3) is 0.167. The summed E-state index contributed by atoms with van der Waals surface area (Å²) in [4.78, 5) is 11.0. The second-order valence-corrected chi connectivity index (χ2v) is 3.77. The lowest BCUT2D eigenvalue weighted by Gasteiger charge is -2.18. The summed E-state index contributed by atoms with van der Waals surface area (Å²) in [6.45, 7) is 0.105. The minimum atomic E-state index is -1.13. The van der Waals surface area contributed by atoms with Crippen LogP contribution in [0.25, 0.3) is 11.3 Å². The quantitative estimate of drug-likeness (QED) is 0.873. The number of aromatic carboxylic acids is 1. The maximum absolute atomic E-state index is 11.0. The number of rotatable bonds is 2. The van der Waals surface area contributed by atoms with Gasteiger partial charge in [0.1, 0.15) is 6.61 Å². The molecule has 0 unspecified atom stereocenters. The van der Waals surface area contributed by atoms with Gasteiger partial charge in [0.05, 0.1) is 18.2 Å². The normalized spacial score (nSPS) is 12.3. The third kappa shape index (κ3) is 1.35. The molecule has 1 aromatic carbocycles. The Hall–Kier alpha value is -2.50. The van der Waals surface area contributed by atoms with E-state index in [1.54, 1.807) is 18.2 Å². The van der Waals surface area contributed by atoms with Crippen molar-refractivity contribution in [3.63, 3.8) is 0 Å². The van der Waals surface area contributed by atoms with Crippen molar-refractivity contribution in [2.45, 2.75) is 6.61 Å². The van der Waals surface area contributed by atoms with Crippen LogP contribution in [0.5, 0.6) is 11.5 Å². The number of fused-ring (bicyclic) bond motifs is 3. The summed E-state index contributed by atoms with van der Waals surface area (Å²) in [6, 6.07) is 5.31. The Morgan fingerprint density at radius 2 is 2.33 bits per heavy atom. The molecule has 0 amide bonds. The number of benzene rings is 1. The van der Waals surface area contributed by atoms with Gasteiger partial charge in [-0.2, -0.15) is 0 Å². The molecule has 0 saturated heterocycles. The molecular weight excluding hydrogens is 238 g/mol. The molecule has 6 nitrogen and oxygen atoms in total. The smallest absolute Gasteiger partial charge is 0.358 e. The number of carbonyl (C=O) groups is 1. The van der Waals surface area contributed by atoms with Crippen molar-refractivity contribution >= 4 is 5.97 Å². The van der Waals surface area contributed by atoms with Crippen molar-refractivity contribution in [2.75, 3.05) is 7.11 Å². The maximum Gasteiger partial charge on any atom is 0.358 e. The van der Waals surface area contributed by atoms with Crippen LogP contribution in [0.2, 0.25) is 0 Å². The summed E-state index contributed by atoms with van der Waals surface area (Å²) in [6.07, 6.45) is 0. The largest absolute Gasteiger partial charge is 0.493 e. The van der Waals surface area contributed by atoms with Gasteiger partial charge in [0.15, 0.2) is 23.0 Å². The van der Waals surface area contributed by atoms with Gasteiger partial charge >= 0.3 is 5.97 Å². The van der Waals surface area contributed by atoms with Gasteiger partial charge in [0.2, 0.25) is 0 Å². The number of para-hydroxylation sites is 1. The average Bonchev–Trinajstić information content (AvgIpc) is 2.82. The zero-order chi connectivity index (χ0) is 12.7. The minimum absolute atomic E-state index is 0.105. The number of methoxy groups -OCH3 is 1. The average molecular weight is 247 g/mol. The van der Waals surface area contributed by atoms with Crippen LogP contribution in [-0.4, -0.2) is 23.3 Å². The zero-order valence-electron chi connectivity index (χ0n) is 9.47. The summed E-state index contributed by atoms with van der Waals surface area (Å²) in [5, 5.41) is 12.5. The number of hydrogen-bond acceptors (Lipinski definition) is 5. The van der Waals surface area contributed by atoms with Crippen molar-refractivity contribution in [3.8, 4) is 22.8 Å². The van der Waals surface area contributed by atoms with Gasteiger partial charge in [-0.1, -0.05) is 11.2 Å². The van der Waals surface area contributed by atoms with Gasteiger partial charge in [-0.15, -0.1) is 0 Å². The van der Waals surface area contributed by atoms with Gasteiger partial charge in [-0.3, -0.25) is 0 Å². The molecule has 3 rings (SSSR count). The molecule has 0 bridgehead atoms. The number of carboxylic acid groups (broad SMARTS) is 1. The lowest BCUT2D eigenvalue weighted by molar-refractivity contribution is 0.0683. The standard InChI is InChI=1S/C12H9NO5/c1-16-8-4-2-3-6-10-7(5-17-11(6)8)9(12(14)15)13-18-10/h2-4H,5H2,1H3,(H,14,15). The molecule has 0 aliphatic carbocycles. The highest BCUT2D eigenvalue weighted by Crippen LogP contribution is 2.43. The number of aromatic nitrogens is 1. The Morgan fingerprint density at radius 1 is 1.50 bits per heavy atom. The third-order valence-corrected chi connectivity index (χ3v) is 2.80. The zero-order valence-corrected chi connectivity index (χ0v) is 9.47. The van der Waals surface area contributed by atoms with E-state index in [2.05, 4.69) is 5.16 Å². The Balaban J connectivity index is 2.21. The SMILES string of the molecule is COc1cccc2c1OCc1c(C(=O)O)noc1-2. The molecule has 1 aliphatic heterocycles. The van der Waals surface area contributed by atoms with E-state index in [1.807, 2.05) is 0 Å². The number of nitrogens with zero attached hydrogens (tertiary/aromatic N) is 1. The summed E-state index contributed by atoms with van der Waals surface area (Å²) in [7, 11) is 1.54. The van der Waals surface area contributed by atoms with Crippen LogP contribution in [0.1, 0.15) is 16.1 Å². The second kappa shape index (κ2) is 3.76. The first-order chi connectivity index (χ1) is 8.72. The first-order valence-electron chi connectivity index (χ1n) is 5.24. The Bertz CT molecular complexity index is 631. The summed E-state index contributed by atoms with van der Waals surface area (Å²) >= 11 is 0. The van der Waals surface area contributed by atoms with E-state index in [1.165, 1.54) is 7.11 Å². The fourth-order valence-electron chi connectivity index (χ4n) is 1.97. The van der Waals surface area contributed by atoms with Crippen molar-refractivity contribution in [1.29, 1.82) is 0 Å². The van der Waals surface area contributed by atoms with Crippen LogP contribution in [0.4, 0.5) is 0 Å². The molecule has 0 radical (unpaired) electrons. The van der Waals surface area contributed by atoms with Crippen molar-refractivity contribution in [3.05, 3.63) is 29.5 Å². The van der Waals surface area contributed by atoms with Crippen molar-refractivity contribution < 1.29 is 23.9 Å². The lowest BCUT2D eigenvalue weighted by atomic mass is 10.0. The highest BCUT2D eigenvalue weighted by Gasteiger charge is 2.30. The van der Waals surface area contributed by atoms with Crippen LogP contribution in [0.3, 0.4) is 0 Å². The second-order valence-electron chi connectivity index (χ2n) is 3.77. The minimum Gasteiger partial charge on any atom is -0.493 e. The van der Waals surface area contributed by atoms with Crippen LogP contribution >= 0.6 is 0 Å². The molecule has 0 atom stereocenters. The van der Waals surface area contributed by atoms with E-state index >= 15 is 0 Å². The predicted molar refractivity (Wildman–Crippen MR) is 59.8 cm³/mol. The monoisotopic (exact) mass is 247 g/mol. The van der Waals surface area contributed by atoms with Gasteiger partial charge < -0.3 is 19.1 Å². The maximum atomic E-state index is 11.0. The number of carboxylic acids is 1. The van der Waals surface area contributed by atoms with Gasteiger partial charge in [-0.05, 0) is 12.1 Å². The molecule has 2 aromatic rings. The van der Waals surface area contributed by atoms with Gasteiger partial charge in [0.25, 0.3) is 0 Å². The summed E-state index contributed by atoms with van der Waals surface area (Å²) < 4.78 is 15.8. The summed E-state index contributed by atoms with van der Waals surface area (Å²) in [5.74, 6) is 0.412. The van der Waals surface area contributed by atoms with E-state index in [-0.39, 0.29) is 12.3 Å². The molecular formula is C12H9NO5. The molecule has 1 aromatic heterocycles. The van der Waals surface area contributed by atoms with E-state index in [0.717, 1.165) is 0 Å². The first-order valence-corrected chi connectivity index (χ1v) is 5.24. The highest BCUT2D eigenvalue weighted by molar-refractivity contribution is 5.90. The van der Waals surface area contributed by atoms with E-state index < -0.39 is 5.97 Å². The molecule has 92 valence electrons. The fourth-order valence-corrected chi connectivity index (χ4v) is 1.97. The van der Waals surface area contributed by atoms with Gasteiger partial charge in [-0.25, -0.2) is 4.79 Å². The van der Waals surface area contributed by atoms with Crippen molar-refractivity contribution in [1.82, 2.24) is 5.16 Å². The molecule has 0 fully saturated rings. The van der Waals surface area contributed by atoms with E-state index in [4.69, 9.17) is 19.1 Å². The third-order valence-electron chi connectivity index (χ3n) is 2.80. The molecule has 1 aliphatic rings. The molecule has 18 heavy (non-hydrogen) atoms. The topological polar surface area (TPSA) is 81.8 Å². The van der Waals surface area contributed by atoms with Crippen molar-refractivity contribution in [2.24, 2.45) is 0 Å². The first kappa shape index (κ1) is 10.6. The van der Waals surface area contributed by atoms with Gasteiger partial charge in [0, 0.05) is 0 Å². The molecule has 0 saturated carbocycles. The van der Waals surface area contributed by atoms with E-state index in [9.17, 15) is 4.79 Å².